The molecular formula is C20H26N8. The molecule has 1 saturated heterocycles. The summed E-state index contributed by atoms with van der Waals surface area (Å²) < 4.78 is 0. The third-order valence-electron chi connectivity index (χ3n) is 4.88. The fraction of sp³-hybridized carbons (Fsp3) is 0.400. The van der Waals surface area contributed by atoms with Gasteiger partial charge >= 0.3 is 0 Å². The molecule has 3 heterocycles. The van der Waals surface area contributed by atoms with Crippen molar-refractivity contribution in [2.75, 3.05) is 43.4 Å². The molecule has 1 fully saturated rings. The van der Waals surface area contributed by atoms with Crippen LogP contribution in [0.2, 0.25) is 0 Å². The highest BCUT2D eigenvalue weighted by Crippen LogP contribution is 2.17. The molecule has 8 heteroatoms. The van der Waals surface area contributed by atoms with Gasteiger partial charge in [-0.3, -0.25) is 5.10 Å². The van der Waals surface area contributed by atoms with Gasteiger partial charge in [0.2, 0.25) is 11.9 Å². The summed E-state index contributed by atoms with van der Waals surface area (Å²) in [6.07, 6.45) is 1.66. The van der Waals surface area contributed by atoms with Crippen LogP contribution in [0.1, 0.15) is 17.1 Å². The lowest BCUT2D eigenvalue weighted by molar-refractivity contribution is 0.311. The lowest BCUT2D eigenvalue weighted by atomic mass is 10.1. The third kappa shape index (κ3) is 4.64. The molecule has 0 amide bonds. The Bertz CT molecular complexity index is 900. The number of likely N-dealkylation sites (N-methyl/N-ethyl adjacent to an activating group) is 1. The Balaban J connectivity index is 1.56. The fourth-order valence-corrected chi connectivity index (χ4v) is 3.22. The van der Waals surface area contributed by atoms with Crippen LogP contribution in [0.4, 0.5) is 17.7 Å². The van der Waals surface area contributed by atoms with Gasteiger partial charge in [0.1, 0.15) is 5.82 Å². The molecule has 0 radical (unpaired) electrons. The van der Waals surface area contributed by atoms with Crippen molar-refractivity contribution in [1.29, 1.82) is 0 Å². The lowest BCUT2D eigenvalue weighted by Crippen LogP contribution is -2.45. The van der Waals surface area contributed by atoms with Crippen molar-refractivity contribution in [2.24, 2.45) is 0 Å². The SMILES string of the molecule is Cc1cc(Nc2nc(CCc3ccccc3)nc(N3CCN(C)CC3)n2)n[nH]1. The highest BCUT2D eigenvalue weighted by atomic mass is 15.3. The van der Waals surface area contributed by atoms with Gasteiger partial charge in [-0.25, -0.2) is 0 Å². The normalized spacial score (nSPS) is 15.0. The number of hydrogen-bond donors (Lipinski definition) is 2. The number of nitrogens with zero attached hydrogens (tertiary/aromatic N) is 6. The summed E-state index contributed by atoms with van der Waals surface area (Å²) in [4.78, 5) is 18.6. The van der Waals surface area contributed by atoms with E-state index in [1.165, 1.54) is 5.56 Å². The smallest absolute Gasteiger partial charge is 0.233 e. The second kappa shape index (κ2) is 8.35. The van der Waals surface area contributed by atoms with E-state index in [1.807, 2.05) is 19.1 Å². The first-order chi connectivity index (χ1) is 13.7. The van der Waals surface area contributed by atoms with Crippen molar-refractivity contribution < 1.29 is 0 Å². The fourth-order valence-electron chi connectivity index (χ4n) is 3.22. The van der Waals surface area contributed by atoms with Gasteiger partial charge < -0.3 is 15.1 Å². The maximum Gasteiger partial charge on any atom is 0.233 e. The molecule has 0 bridgehead atoms. The number of aryl methyl sites for hydroxylation is 3. The van der Waals surface area contributed by atoms with Crippen LogP contribution in [0.25, 0.3) is 0 Å². The second-order valence-corrected chi connectivity index (χ2v) is 7.21. The predicted octanol–water partition coefficient (Wildman–Crippen LogP) is 2.18. The molecule has 0 atom stereocenters. The van der Waals surface area contributed by atoms with E-state index in [-0.39, 0.29) is 0 Å². The topological polar surface area (TPSA) is 85.9 Å². The van der Waals surface area contributed by atoms with Crippen molar-refractivity contribution in [1.82, 2.24) is 30.0 Å². The maximum atomic E-state index is 4.76. The first-order valence-electron chi connectivity index (χ1n) is 9.67. The maximum absolute atomic E-state index is 4.76. The Morgan fingerprint density at radius 2 is 1.79 bits per heavy atom. The Morgan fingerprint density at radius 3 is 2.50 bits per heavy atom. The van der Waals surface area contributed by atoms with E-state index in [0.29, 0.717) is 11.8 Å². The zero-order valence-electron chi connectivity index (χ0n) is 16.4. The van der Waals surface area contributed by atoms with Gasteiger partial charge in [-0.2, -0.15) is 20.1 Å². The van der Waals surface area contributed by atoms with Crippen molar-refractivity contribution in [3.63, 3.8) is 0 Å². The summed E-state index contributed by atoms with van der Waals surface area (Å²) >= 11 is 0. The van der Waals surface area contributed by atoms with Gasteiger partial charge in [0.25, 0.3) is 0 Å². The second-order valence-electron chi connectivity index (χ2n) is 7.21. The van der Waals surface area contributed by atoms with Crippen LogP contribution >= 0.6 is 0 Å². The Kier molecular flexibility index (Phi) is 5.48. The number of hydrogen-bond acceptors (Lipinski definition) is 7. The summed E-state index contributed by atoms with van der Waals surface area (Å²) in [5.74, 6) is 2.78. The number of rotatable bonds is 6. The highest BCUT2D eigenvalue weighted by Gasteiger charge is 2.19. The molecule has 8 nitrogen and oxygen atoms in total. The number of nitrogens with one attached hydrogen (secondary N) is 2. The van der Waals surface area contributed by atoms with E-state index in [9.17, 15) is 0 Å². The molecule has 2 aromatic heterocycles. The first kappa shape index (κ1) is 18.4. The summed E-state index contributed by atoms with van der Waals surface area (Å²) in [6, 6.07) is 12.4. The molecule has 1 aromatic carbocycles. The Labute approximate surface area is 165 Å². The minimum atomic E-state index is 0.540. The molecule has 2 N–H and O–H groups in total. The molecule has 0 aliphatic carbocycles. The zero-order valence-corrected chi connectivity index (χ0v) is 16.4. The molecule has 1 aliphatic rings. The van der Waals surface area contributed by atoms with Gasteiger partial charge in [-0.1, -0.05) is 30.3 Å². The van der Waals surface area contributed by atoms with Crippen LogP contribution in [-0.4, -0.2) is 63.3 Å². The largest absolute Gasteiger partial charge is 0.338 e. The molecule has 0 spiro atoms. The van der Waals surface area contributed by atoms with Gasteiger partial charge in [0, 0.05) is 44.4 Å². The molecule has 28 heavy (non-hydrogen) atoms. The highest BCUT2D eigenvalue weighted by molar-refractivity contribution is 5.50. The van der Waals surface area contributed by atoms with Crippen LogP contribution in [-0.2, 0) is 12.8 Å². The van der Waals surface area contributed by atoms with E-state index in [4.69, 9.17) is 4.98 Å². The molecule has 1 aliphatic heterocycles. The van der Waals surface area contributed by atoms with Crippen molar-refractivity contribution in [3.8, 4) is 0 Å². The number of piperazine rings is 1. The van der Waals surface area contributed by atoms with Gasteiger partial charge in [0.05, 0.1) is 0 Å². The van der Waals surface area contributed by atoms with Crippen LogP contribution in [0.15, 0.2) is 36.4 Å². The summed E-state index contributed by atoms with van der Waals surface area (Å²) in [5.41, 5.74) is 2.27. The van der Waals surface area contributed by atoms with Crippen LogP contribution < -0.4 is 10.2 Å². The minimum Gasteiger partial charge on any atom is -0.338 e. The molecule has 0 saturated carbocycles. The standard InChI is InChI=1S/C20H26N8/c1-15-14-18(26-25-15)22-19-21-17(9-8-16-6-4-3-5-7-16)23-20(24-19)28-12-10-27(2)11-13-28/h3-7,14H,8-13H2,1-2H3,(H2,21,22,23,24,25,26). The monoisotopic (exact) mass is 378 g/mol. The Morgan fingerprint density at radius 1 is 1.00 bits per heavy atom. The number of benzene rings is 1. The minimum absolute atomic E-state index is 0.540. The predicted molar refractivity (Wildman–Crippen MR) is 110 cm³/mol. The van der Waals surface area contributed by atoms with Crippen molar-refractivity contribution >= 4 is 17.7 Å². The average molecular weight is 378 g/mol. The van der Waals surface area contributed by atoms with Crippen LogP contribution in [0.3, 0.4) is 0 Å². The first-order valence-corrected chi connectivity index (χ1v) is 9.67. The molecule has 0 unspecified atom stereocenters. The molecular weight excluding hydrogens is 352 g/mol. The average Bonchev–Trinajstić information content (AvgIpc) is 3.12. The van der Waals surface area contributed by atoms with E-state index in [0.717, 1.165) is 56.5 Å². The molecule has 4 rings (SSSR count). The number of H-pyrrole nitrogens is 1. The Hall–Kier alpha value is -3.00. The number of anilines is 3. The van der Waals surface area contributed by atoms with E-state index in [1.54, 1.807) is 0 Å². The summed E-state index contributed by atoms with van der Waals surface area (Å²) in [5, 5.41) is 10.4. The number of aromatic amines is 1. The van der Waals surface area contributed by atoms with Crippen molar-refractivity contribution in [3.05, 3.63) is 53.5 Å². The van der Waals surface area contributed by atoms with Crippen LogP contribution in [0, 0.1) is 6.92 Å². The zero-order chi connectivity index (χ0) is 19.3. The van der Waals surface area contributed by atoms with E-state index < -0.39 is 0 Å². The van der Waals surface area contributed by atoms with Gasteiger partial charge in [0.15, 0.2) is 5.82 Å². The molecule has 146 valence electrons. The lowest BCUT2D eigenvalue weighted by Gasteiger charge is -2.32. The van der Waals surface area contributed by atoms with Crippen LogP contribution in [0.5, 0.6) is 0 Å². The van der Waals surface area contributed by atoms with E-state index in [2.05, 4.69) is 66.6 Å². The van der Waals surface area contributed by atoms with Gasteiger partial charge in [-0.15, -0.1) is 0 Å². The van der Waals surface area contributed by atoms with E-state index >= 15 is 0 Å². The van der Waals surface area contributed by atoms with Gasteiger partial charge in [-0.05, 0) is 26.0 Å². The van der Waals surface area contributed by atoms with Crippen molar-refractivity contribution in [2.45, 2.75) is 19.8 Å². The number of aromatic nitrogens is 5. The summed E-state index contributed by atoms with van der Waals surface area (Å²) in [6.45, 7) is 5.81. The molecule has 3 aromatic rings. The third-order valence-corrected chi connectivity index (χ3v) is 4.88. The summed E-state index contributed by atoms with van der Waals surface area (Å²) in [7, 11) is 2.14. The quantitative estimate of drug-likeness (QED) is 0.680.